The summed E-state index contributed by atoms with van der Waals surface area (Å²) >= 11 is 0. The van der Waals surface area contributed by atoms with Gasteiger partial charge in [-0.15, -0.1) is 5.10 Å². The quantitative estimate of drug-likeness (QED) is 0.641. The molecule has 1 atom stereocenters. The Labute approximate surface area is 117 Å². The number of anilines is 1. The predicted octanol–water partition coefficient (Wildman–Crippen LogP) is 1.91. The zero-order chi connectivity index (χ0) is 14.5. The van der Waals surface area contributed by atoms with Crippen LogP contribution in [0.5, 0.6) is 0 Å². The molecule has 0 amide bonds. The Morgan fingerprint density at radius 2 is 2.10 bits per heavy atom. The van der Waals surface area contributed by atoms with Crippen LogP contribution in [0.1, 0.15) is 41.8 Å². The zero-order valence-corrected chi connectivity index (χ0v) is 11.6. The van der Waals surface area contributed by atoms with Crippen LogP contribution >= 0.6 is 0 Å². The van der Waals surface area contributed by atoms with Crippen molar-refractivity contribution in [1.82, 2.24) is 15.2 Å². The molecule has 1 aromatic carbocycles. The summed E-state index contributed by atoms with van der Waals surface area (Å²) in [6, 6.07) is 7.72. The summed E-state index contributed by atoms with van der Waals surface area (Å²) in [5.74, 6) is 0.484. The highest BCUT2D eigenvalue weighted by molar-refractivity contribution is 5.84. The lowest BCUT2D eigenvalue weighted by atomic mass is 9.97. The molecule has 1 heterocycles. The molecule has 3 N–H and O–H groups in total. The highest BCUT2D eigenvalue weighted by atomic mass is 16.5. The fraction of sp³-hybridized carbons (Fsp3) is 0.357. The van der Waals surface area contributed by atoms with Crippen LogP contribution in [-0.4, -0.2) is 27.8 Å². The van der Waals surface area contributed by atoms with Crippen molar-refractivity contribution in [3.8, 4) is 0 Å². The van der Waals surface area contributed by atoms with Crippen LogP contribution in [0, 0.1) is 0 Å². The van der Waals surface area contributed by atoms with Crippen LogP contribution < -0.4 is 5.73 Å². The van der Waals surface area contributed by atoms with E-state index in [1.807, 2.05) is 24.3 Å². The molecule has 1 unspecified atom stereocenters. The molecule has 0 saturated carbocycles. The van der Waals surface area contributed by atoms with Gasteiger partial charge in [0.05, 0.1) is 6.61 Å². The van der Waals surface area contributed by atoms with Crippen LogP contribution in [0.4, 0.5) is 5.69 Å². The summed E-state index contributed by atoms with van der Waals surface area (Å²) in [5.41, 5.74) is 7.57. The number of esters is 1. The van der Waals surface area contributed by atoms with Gasteiger partial charge < -0.3 is 10.5 Å². The van der Waals surface area contributed by atoms with Gasteiger partial charge in [-0.05, 0) is 30.5 Å². The zero-order valence-electron chi connectivity index (χ0n) is 11.6. The highest BCUT2D eigenvalue weighted by Crippen LogP contribution is 2.19. The summed E-state index contributed by atoms with van der Waals surface area (Å²) in [5, 5.41) is 6.64. The monoisotopic (exact) mass is 274 g/mol. The largest absolute Gasteiger partial charge is 0.460 e. The van der Waals surface area contributed by atoms with Gasteiger partial charge in [-0.25, -0.2) is 9.78 Å². The summed E-state index contributed by atoms with van der Waals surface area (Å²) in [6.07, 6.45) is 0.663. The van der Waals surface area contributed by atoms with Crippen LogP contribution in [0.25, 0.3) is 0 Å². The van der Waals surface area contributed by atoms with Crippen molar-refractivity contribution in [2.75, 3.05) is 12.3 Å². The lowest BCUT2D eigenvalue weighted by molar-refractivity contribution is 0.0512. The fourth-order valence-electron chi connectivity index (χ4n) is 1.91. The molecule has 1 aromatic heterocycles. The number of H-pyrrole nitrogens is 1. The molecule has 0 aliphatic rings. The molecular weight excluding hydrogens is 256 g/mol. The topological polar surface area (TPSA) is 93.9 Å². The number of hydrogen-bond donors (Lipinski definition) is 2. The first-order chi connectivity index (χ1) is 9.60. The van der Waals surface area contributed by atoms with Crippen molar-refractivity contribution in [1.29, 1.82) is 0 Å². The molecule has 0 fully saturated rings. The van der Waals surface area contributed by atoms with Gasteiger partial charge in [0.1, 0.15) is 5.82 Å². The van der Waals surface area contributed by atoms with Crippen LogP contribution in [0.2, 0.25) is 0 Å². The van der Waals surface area contributed by atoms with Crippen molar-refractivity contribution in [2.45, 2.75) is 26.2 Å². The van der Waals surface area contributed by atoms with E-state index in [-0.39, 0.29) is 11.7 Å². The molecule has 2 aromatic rings. The van der Waals surface area contributed by atoms with Crippen molar-refractivity contribution >= 4 is 11.7 Å². The Bertz CT molecular complexity index is 577. The number of rotatable bonds is 5. The van der Waals surface area contributed by atoms with E-state index in [0.717, 1.165) is 11.3 Å². The molecular formula is C14H18N4O2. The summed E-state index contributed by atoms with van der Waals surface area (Å²) in [7, 11) is 0. The maximum atomic E-state index is 11.5. The number of hydrogen-bond acceptors (Lipinski definition) is 5. The number of aromatic nitrogens is 3. The standard InChI is InChI=1S/C14H18N4O2/c1-3-20-14(19)13-16-12(17-18-13)8-9(2)10-4-6-11(15)7-5-10/h4-7,9H,3,8,15H2,1-2H3,(H,16,17,18). The second kappa shape index (κ2) is 6.18. The Morgan fingerprint density at radius 3 is 2.75 bits per heavy atom. The highest BCUT2D eigenvalue weighted by Gasteiger charge is 2.15. The molecule has 0 spiro atoms. The number of carbonyl (C=O) groups is 1. The van der Waals surface area contributed by atoms with Gasteiger partial charge in [0.15, 0.2) is 0 Å². The maximum Gasteiger partial charge on any atom is 0.378 e. The van der Waals surface area contributed by atoms with Gasteiger partial charge in [-0.1, -0.05) is 19.1 Å². The van der Waals surface area contributed by atoms with E-state index in [0.29, 0.717) is 18.9 Å². The van der Waals surface area contributed by atoms with Gasteiger partial charge in [0.2, 0.25) is 0 Å². The van der Waals surface area contributed by atoms with Crippen LogP contribution in [0.15, 0.2) is 24.3 Å². The number of nitrogen functional groups attached to an aromatic ring is 1. The number of nitrogens with zero attached hydrogens (tertiary/aromatic N) is 2. The maximum absolute atomic E-state index is 11.5. The Hall–Kier alpha value is -2.37. The molecule has 6 heteroatoms. The van der Waals surface area contributed by atoms with E-state index in [2.05, 4.69) is 22.1 Å². The van der Waals surface area contributed by atoms with Gasteiger partial charge in [0, 0.05) is 12.1 Å². The first kappa shape index (κ1) is 14.0. The number of carbonyl (C=O) groups excluding carboxylic acids is 1. The first-order valence-corrected chi connectivity index (χ1v) is 6.54. The molecule has 6 nitrogen and oxygen atoms in total. The minimum atomic E-state index is -0.505. The lowest BCUT2D eigenvalue weighted by Crippen LogP contribution is -2.07. The molecule has 0 aliphatic heterocycles. The second-order valence-corrected chi connectivity index (χ2v) is 4.60. The third kappa shape index (κ3) is 3.34. The molecule has 20 heavy (non-hydrogen) atoms. The molecule has 0 saturated heterocycles. The minimum absolute atomic E-state index is 0.0753. The van der Waals surface area contributed by atoms with Gasteiger partial charge >= 0.3 is 5.97 Å². The molecule has 0 radical (unpaired) electrons. The van der Waals surface area contributed by atoms with Crippen molar-refractivity contribution in [3.05, 3.63) is 41.5 Å². The second-order valence-electron chi connectivity index (χ2n) is 4.60. The normalized spacial score (nSPS) is 12.1. The van der Waals surface area contributed by atoms with E-state index in [4.69, 9.17) is 10.5 Å². The number of nitrogens with one attached hydrogen (secondary N) is 1. The summed E-state index contributed by atoms with van der Waals surface area (Å²) < 4.78 is 4.85. The van der Waals surface area contributed by atoms with Gasteiger partial charge in [-0.3, -0.25) is 5.10 Å². The van der Waals surface area contributed by atoms with Crippen molar-refractivity contribution < 1.29 is 9.53 Å². The smallest absolute Gasteiger partial charge is 0.378 e. The summed E-state index contributed by atoms with van der Waals surface area (Å²) in [6.45, 7) is 4.14. The Kier molecular flexibility index (Phi) is 4.34. The van der Waals surface area contributed by atoms with Crippen molar-refractivity contribution in [3.63, 3.8) is 0 Å². The predicted molar refractivity (Wildman–Crippen MR) is 75.3 cm³/mol. The van der Waals surface area contributed by atoms with Crippen LogP contribution in [-0.2, 0) is 11.2 Å². The van der Waals surface area contributed by atoms with E-state index >= 15 is 0 Å². The number of benzene rings is 1. The third-order valence-corrected chi connectivity index (χ3v) is 2.99. The fourth-order valence-corrected chi connectivity index (χ4v) is 1.91. The molecule has 0 bridgehead atoms. The number of nitrogens with two attached hydrogens (primary N) is 1. The lowest BCUT2D eigenvalue weighted by Gasteiger charge is -2.09. The SMILES string of the molecule is CCOC(=O)c1n[nH]c(CC(C)c2ccc(N)cc2)n1. The average Bonchev–Trinajstić information content (AvgIpc) is 2.88. The van der Waals surface area contributed by atoms with Gasteiger partial charge in [-0.2, -0.15) is 0 Å². The van der Waals surface area contributed by atoms with E-state index in [1.54, 1.807) is 6.92 Å². The van der Waals surface area contributed by atoms with E-state index in [9.17, 15) is 4.79 Å². The third-order valence-electron chi connectivity index (χ3n) is 2.99. The number of ether oxygens (including phenoxy) is 1. The molecule has 106 valence electrons. The number of aromatic amines is 1. The van der Waals surface area contributed by atoms with E-state index < -0.39 is 5.97 Å². The minimum Gasteiger partial charge on any atom is -0.460 e. The van der Waals surface area contributed by atoms with Gasteiger partial charge in [0.25, 0.3) is 5.82 Å². The van der Waals surface area contributed by atoms with Crippen LogP contribution in [0.3, 0.4) is 0 Å². The first-order valence-electron chi connectivity index (χ1n) is 6.54. The Balaban J connectivity index is 2.03. The Morgan fingerprint density at radius 1 is 1.40 bits per heavy atom. The molecule has 0 aliphatic carbocycles. The van der Waals surface area contributed by atoms with E-state index in [1.165, 1.54) is 0 Å². The molecule has 2 rings (SSSR count). The summed E-state index contributed by atoms with van der Waals surface area (Å²) in [4.78, 5) is 15.6. The average molecular weight is 274 g/mol. The van der Waals surface area contributed by atoms with Crippen molar-refractivity contribution in [2.24, 2.45) is 0 Å².